The maximum atomic E-state index is 10.8. The first kappa shape index (κ1) is 14.9. The highest BCUT2D eigenvalue weighted by molar-refractivity contribution is 9.10. The molecular weight excluding hydrogens is 394 g/mol. The lowest BCUT2D eigenvalue weighted by atomic mass is 9.98. The average Bonchev–Trinajstić information content (AvgIpc) is 2.57. The molecule has 0 saturated heterocycles. The number of rotatable bonds is 1. The molecule has 1 aliphatic carbocycles. The number of allylic oxidation sites excluding steroid dienone is 1. The summed E-state index contributed by atoms with van der Waals surface area (Å²) in [6.07, 6.45) is 6.95. The Labute approximate surface area is 141 Å². The molecule has 2 aromatic rings. The fourth-order valence-electron chi connectivity index (χ4n) is 2.84. The predicted molar refractivity (Wildman–Crippen MR) is 92.3 cm³/mol. The van der Waals surface area contributed by atoms with Crippen LogP contribution >= 0.6 is 31.9 Å². The molecule has 4 heteroatoms. The van der Waals surface area contributed by atoms with Gasteiger partial charge in [0.05, 0.1) is 5.69 Å². The minimum atomic E-state index is -0.681. The van der Waals surface area contributed by atoms with Crippen LogP contribution in [-0.2, 0) is 12.8 Å². The molecule has 0 bridgehead atoms. The molecular formula is C17H15Br2NO. The average molecular weight is 409 g/mol. The number of nitrogens with zero attached hydrogens (tertiary/aromatic N) is 1. The molecule has 3 rings (SSSR count). The smallest absolute Gasteiger partial charge is 0.123 e. The second kappa shape index (κ2) is 6.03. The third-order valence-electron chi connectivity index (χ3n) is 3.76. The number of aliphatic hydroxyl groups is 1. The summed E-state index contributed by atoms with van der Waals surface area (Å²) in [4.78, 5) is 4.43. The largest absolute Gasteiger partial charge is 0.382 e. The topological polar surface area (TPSA) is 33.1 Å². The van der Waals surface area contributed by atoms with Gasteiger partial charge in [0.15, 0.2) is 0 Å². The summed E-state index contributed by atoms with van der Waals surface area (Å²) < 4.78 is 1.89. The lowest BCUT2D eigenvalue weighted by molar-refractivity contribution is 0.214. The minimum absolute atomic E-state index is 0.681. The van der Waals surface area contributed by atoms with E-state index in [0.717, 1.165) is 44.2 Å². The van der Waals surface area contributed by atoms with Crippen molar-refractivity contribution < 1.29 is 5.11 Å². The van der Waals surface area contributed by atoms with Gasteiger partial charge in [-0.15, -0.1) is 0 Å². The number of hydrogen-bond acceptors (Lipinski definition) is 2. The highest BCUT2D eigenvalue weighted by Gasteiger charge is 2.25. The number of pyridine rings is 1. The molecule has 0 radical (unpaired) electrons. The van der Waals surface area contributed by atoms with Gasteiger partial charge in [-0.05, 0) is 64.5 Å². The Morgan fingerprint density at radius 3 is 2.71 bits per heavy atom. The van der Waals surface area contributed by atoms with E-state index in [1.165, 1.54) is 5.56 Å². The number of halogens is 2. The summed E-state index contributed by atoms with van der Waals surface area (Å²) in [5, 5.41) is 10.8. The Morgan fingerprint density at radius 2 is 1.95 bits per heavy atom. The molecule has 21 heavy (non-hydrogen) atoms. The Hall–Kier alpha value is -0.970. The van der Waals surface area contributed by atoms with Crippen LogP contribution in [0.15, 0.2) is 39.4 Å². The van der Waals surface area contributed by atoms with Crippen molar-refractivity contribution in [3.05, 3.63) is 67.4 Å². The van der Waals surface area contributed by atoms with Crippen molar-refractivity contribution in [2.75, 3.05) is 0 Å². The van der Waals surface area contributed by atoms with Gasteiger partial charge in [0.25, 0.3) is 0 Å². The number of fused-ring (bicyclic) bond motifs is 2. The van der Waals surface area contributed by atoms with Crippen LogP contribution in [0, 0.1) is 0 Å². The molecule has 0 spiro atoms. The van der Waals surface area contributed by atoms with Crippen molar-refractivity contribution in [2.24, 2.45) is 0 Å². The van der Waals surface area contributed by atoms with Crippen LogP contribution in [-0.4, -0.2) is 10.1 Å². The van der Waals surface area contributed by atoms with Gasteiger partial charge in [-0.25, -0.2) is 0 Å². The van der Waals surface area contributed by atoms with Crippen LogP contribution in [0.25, 0.3) is 6.08 Å². The van der Waals surface area contributed by atoms with E-state index in [4.69, 9.17) is 0 Å². The molecule has 108 valence electrons. The van der Waals surface area contributed by atoms with Gasteiger partial charge in [0.1, 0.15) is 6.10 Å². The molecule has 0 fully saturated rings. The third-order valence-corrected chi connectivity index (χ3v) is 4.85. The van der Waals surface area contributed by atoms with Crippen molar-refractivity contribution in [3.63, 3.8) is 0 Å². The van der Waals surface area contributed by atoms with E-state index >= 15 is 0 Å². The molecule has 1 atom stereocenters. The van der Waals surface area contributed by atoms with Gasteiger partial charge < -0.3 is 5.11 Å². The zero-order valence-electron chi connectivity index (χ0n) is 11.6. The number of aromatic nitrogens is 1. The fourth-order valence-corrected chi connectivity index (χ4v) is 3.96. The lowest BCUT2D eigenvalue weighted by Crippen LogP contribution is -2.06. The van der Waals surface area contributed by atoms with Gasteiger partial charge in [-0.3, -0.25) is 4.98 Å². The Morgan fingerprint density at radius 1 is 1.19 bits per heavy atom. The van der Waals surface area contributed by atoms with Gasteiger partial charge in [-0.1, -0.05) is 34.1 Å². The molecule has 1 heterocycles. The molecule has 2 nitrogen and oxygen atoms in total. The molecule has 1 aromatic carbocycles. The SMILES string of the molecule is C/C=C/c1cc(Br)c2c(c1)CCc1cc(Br)cnc1C2O. The van der Waals surface area contributed by atoms with Crippen molar-refractivity contribution in [3.8, 4) is 0 Å². The normalized spacial score (nSPS) is 17.4. The first-order valence-corrected chi connectivity index (χ1v) is 8.46. The van der Waals surface area contributed by atoms with Crippen molar-refractivity contribution >= 4 is 37.9 Å². The summed E-state index contributed by atoms with van der Waals surface area (Å²) in [5.74, 6) is 0. The van der Waals surface area contributed by atoms with Gasteiger partial charge in [0, 0.05) is 20.7 Å². The maximum absolute atomic E-state index is 10.8. The van der Waals surface area contributed by atoms with Crippen molar-refractivity contribution in [2.45, 2.75) is 25.9 Å². The zero-order valence-corrected chi connectivity index (χ0v) is 14.8. The molecule has 1 unspecified atom stereocenters. The standard InChI is InChI=1S/C17H15Br2NO/c1-2-3-10-6-11-4-5-12-8-13(18)9-20-16(12)17(21)15(11)14(19)7-10/h2-3,6-9,17,21H,4-5H2,1H3/b3-2+. The second-order valence-electron chi connectivity index (χ2n) is 5.18. The van der Waals surface area contributed by atoms with Gasteiger partial charge in [0.2, 0.25) is 0 Å². The van der Waals surface area contributed by atoms with Crippen LogP contribution in [0.5, 0.6) is 0 Å². The summed E-state index contributed by atoms with van der Waals surface area (Å²) in [7, 11) is 0. The predicted octanol–water partition coefficient (Wildman–Crippen LogP) is 4.82. The number of aryl methyl sites for hydroxylation is 2. The van der Waals surface area contributed by atoms with E-state index in [1.54, 1.807) is 6.20 Å². The summed E-state index contributed by atoms with van der Waals surface area (Å²) >= 11 is 7.07. The first-order valence-electron chi connectivity index (χ1n) is 6.87. The van der Waals surface area contributed by atoms with Gasteiger partial charge in [-0.2, -0.15) is 0 Å². The van der Waals surface area contributed by atoms with Crippen LogP contribution in [0.3, 0.4) is 0 Å². The monoisotopic (exact) mass is 407 g/mol. The zero-order chi connectivity index (χ0) is 15.0. The molecule has 1 aromatic heterocycles. The molecule has 0 aliphatic heterocycles. The van der Waals surface area contributed by atoms with E-state index < -0.39 is 6.10 Å². The van der Waals surface area contributed by atoms with E-state index in [1.807, 2.05) is 19.1 Å². The second-order valence-corrected chi connectivity index (χ2v) is 6.95. The van der Waals surface area contributed by atoms with Crippen LogP contribution < -0.4 is 0 Å². The third kappa shape index (κ3) is 2.85. The molecule has 1 N–H and O–H groups in total. The van der Waals surface area contributed by atoms with Crippen molar-refractivity contribution in [1.82, 2.24) is 4.98 Å². The summed E-state index contributed by atoms with van der Waals surface area (Å²) in [5.41, 5.74) is 5.13. The highest BCUT2D eigenvalue weighted by atomic mass is 79.9. The van der Waals surface area contributed by atoms with Crippen LogP contribution in [0.4, 0.5) is 0 Å². The summed E-state index contributed by atoms with van der Waals surface area (Å²) in [6, 6.07) is 6.26. The lowest BCUT2D eigenvalue weighted by Gasteiger charge is -2.16. The van der Waals surface area contributed by atoms with Crippen molar-refractivity contribution in [1.29, 1.82) is 0 Å². The number of hydrogen-bond donors (Lipinski definition) is 1. The summed E-state index contributed by atoms with van der Waals surface area (Å²) in [6.45, 7) is 2.01. The Balaban J connectivity index is 2.16. The number of aliphatic hydroxyl groups excluding tert-OH is 1. The van der Waals surface area contributed by atoms with E-state index in [2.05, 4.69) is 55.1 Å². The quantitative estimate of drug-likeness (QED) is 0.733. The number of benzene rings is 1. The fraction of sp³-hybridized carbons (Fsp3) is 0.235. The maximum Gasteiger partial charge on any atom is 0.123 e. The molecule has 1 aliphatic rings. The van der Waals surface area contributed by atoms with E-state index in [9.17, 15) is 5.11 Å². The van der Waals surface area contributed by atoms with Crippen LogP contribution in [0.2, 0.25) is 0 Å². The van der Waals surface area contributed by atoms with Gasteiger partial charge >= 0.3 is 0 Å². The molecule has 0 amide bonds. The van der Waals surface area contributed by atoms with Crippen LogP contribution in [0.1, 0.15) is 41.0 Å². The Kier molecular flexibility index (Phi) is 4.29. The minimum Gasteiger partial charge on any atom is -0.382 e. The highest BCUT2D eigenvalue weighted by Crippen LogP contribution is 2.37. The molecule has 0 saturated carbocycles. The first-order chi connectivity index (χ1) is 10.1. The van der Waals surface area contributed by atoms with E-state index in [-0.39, 0.29) is 0 Å². The Bertz CT molecular complexity index is 725. The van der Waals surface area contributed by atoms with E-state index in [0.29, 0.717) is 0 Å².